The molecule has 4 atom stereocenters. The van der Waals surface area contributed by atoms with E-state index in [0.29, 0.717) is 26.4 Å². The van der Waals surface area contributed by atoms with Crippen LogP contribution in [0, 0.1) is 5.92 Å². The van der Waals surface area contributed by atoms with Crippen LogP contribution in [0.1, 0.15) is 47.1 Å². The van der Waals surface area contributed by atoms with Crippen molar-refractivity contribution in [1.29, 1.82) is 0 Å². The average Bonchev–Trinajstić information content (AvgIpc) is 3.29. The van der Waals surface area contributed by atoms with E-state index in [-0.39, 0.29) is 35.2 Å². The van der Waals surface area contributed by atoms with Gasteiger partial charge in [-0.3, -0.25) is 4.90 Å². The lowest BCUT2D eigenvalue weighted by molar-refractivity contribution is 0.00326. The summed E-state index contributed by atoms with van der Waals surface area (Å²) in [6.07, 6.45) is -0.287. The number of methoxy groups -OCH3 is 1. The second kappa shape index (κ2) is 10.2. The van der Waals surface area contributed by atoms with Crippen LogP contribution in [-0.4, -0.2) is 70.0 Å². The van der Waals surface area contributed by atoms with Crippen molar-refractivity contribution < 1.29 is 23.4 Å². The molecule has 0 radical (unpaired) electrons. The van der Waals surface area contributed by atoms with E-state index in [0.717, 1.165) is 11.3 Å². The fraction of sp³-hybridized carbons (Fsp3) is 0.731. The Hall–Kier alpha value is -1.61. The molecular weight excluding hydrogens is 448 g/mol. The summed E-state index contributed by atoms with van der Waals surface area (Å²) in [5.41, 5.74) is 0.599. The van der Waals surface area contributed by atoms with Gasteiger partial charge in [0.1, 0.15) is 11.4 Å². The van der Waals surface area contributed by atoms with Crippen molar-refractivity contribution in [3.05, 3.63) is 29.8 Å². The van der Waals surface area contributed by atoms with Gasteiger partial charge in [0, 0.05) is 18.5 Å². The molecule has 34 heavy (non-hydrogen) atoms. The van der Waals surface area contributed by atoms with E-state index in [1.54, 1.807) is 7.11 Å². The number of benzene rings is 1. The Morgan fingerprint density at radius 1 is 1.12 bits per heavy atom. The summed E-state index contributed by atoms with van der Waals surface area (Å²) in [5.74, 6) is 1.03. The molecule has 1 amide bonds. The van der Waals surface area contributed by atoms with Crippen molar-refractivity contribution in [3.8, 4) is 5.75 Å². The smallest absolute Gasteiger partial charge is 0.411 e. The van der Waals surface area contributed by atoms with Gasteiger partial charge in [-0.25, -0.2) is 4.79 Å². The van der Waals surface area contributed by atoms with E-state index in [4.69, 9.17) is 18.6 Å². The Balaban J connectivity index is 1.84. The molecule has 1 unspecified atom stereocenters. The SMILES string of the molecule is COc1ccc(CNC2[C@H]3COC[C@H]3N(C(=O)OC(C)(C)C)[C@H]2CO[Si](C)(C)C(C)(C)C)cc1. The monoisotopic (exact) mass is 492 g/mol. The summed E-state index contributed by atoms with van der Waals surface area (Å²) in [6.45, 7) is 19.3. The Bertz CT molecular complexity index is 831. The molecule has 2 aliphatic heterocycles. The number of carbonyl (C=O) groups excluding carboxylic acids is 1. The highest BCUT2D eigenvalue weighted by Crippen LogP contribution is 2.40. The number of fused-ring (bicyclic) bond motifs is 1. The largest absolute Gasteiger partial charge is 0.497 e. The standard InChI is InChI=1S/C26H44N2O5Si/c1-25(2,3)33-24(29)28-21-16-31-15-20(21)23(22(28)17-32-34(8,9)26(4,5)6)27-14-18-10-12-19(30-7)13-11-18/h10-13,20-23,27H,14-17H2,1-9H3/t20-,21+,22-,23?/m0/s1. The number of likely N-dealkylation sites (tertiary alicyclic amines) is 1. The normalized spacial score (nSPS) is 25.4. The maximum Gasteiger partial charge on any atom is 0.411 e. The van der Waals surface area contributed by atoms with Crippen LogP contribution in [0.5, 0.6) is 5.75 Å². The fourth-order valence-corrected chi connectivity index (χ4v) is 5.46. The first-order chi connectivity index (χ1) is 15.7. The van der Waals surface area contributed by atoms with Gasteiger partial charge < -0.3 is 24.0 Å². The van der Waals surface area contributed by atoms with Crippen LogP contribution in [0.3, 0.4) is 0 Å². The quantitative estimate of drug-likeness (QED) is 0.551. The lowest BCUT2D eigenvalue weighted by Crippen LogP contribution is -2.53. The van der Waals surface area contributed by atoms with E-state index < -0.39 is 13.9 Å². The lowest BCUT2D eigenvalue weighted by Gasteiger charge is -2.39. The maximum atomic E-state index is 13.4. The van der Waals surface area contributed by atoms with Crippen LogP contribution < -0.4 is 10.1 Å². The fourth-order valence-electron chi connectivity index (χ4n) is 4.44. The summed E-state index contributed by atoms with van der Waals surface area (Å²) in [5, 5.41) is 3.84. The van der Waals surface area contributed by atoms with Crippen LogP contribution >= 0.6 is 0 Å². The number of hydrogen-bond donors (Lipinski definition) is 1. The van der Waals surface area contributed by atoms with Gasteiger partial charge in [-0.05, 0) is 56.6 Å². The van der Waals surface area contributed by atoms with Gasteiger partial charge in [0.2, 0.25) is 0 Å². The molecule has 0 bridgehead atoms. The minimum atomic E-state index is -2.00. The Morgan fingerprint density at radius 2 is 1.76 bits per heavy atom. The molecule has 192 valence electrons. The Morgan fingerprint density at radius 3 is 2.32 bits per heavy atom. The lowest BCUT2D eigenvalue weighted by atomic mass is 9.96. The minimum absolute atomic E-state index is 0.0174. The molecule has 7 nitrogen and oxygen atoms in total. The number of carbonyl (C=O) groups is 1. The number of rotatable bonds is 7. The zero-order valence-electron chi connectivity index (χ0n) is 22.4. The van der Waals surface area contributed by atoms with Crippen LogP contribution in [0.15, 0.2) is 24.3 Å². The molecule has 2 aliphatic rings. The molecule has 2 fully saturated rings. The van der Waals surface area contributed by atoms with Crippen molar-refractivity contribution in [2.24, 2.45) is 5.92 Å². The third kappa shape index (κ3) is 6.14. The van der Waals surface area contributed by atoms with Crippen LogP contribution in [-0.2, 0) is 20.4 Å². The highest BCUT2D eigenvalue weighted by atomic mass is 28.4. The second-order valence-electron chi connectivity index (χ2n) is 12.0. The zero-order chi connectivity index (χ0) is 25.3. The molecule has 3 rings (SSSR count). The first kappa shape index (κ1) is 27.0. The predicted octanol–water partition coefficient (Wildman–Crippen LogP) is 4.81. The van der Waals surface area contributed by atoms with Gasteiger partial charge in [0.25, 0.3) is 0 Å². The molecular formula is C26H44N2O5Si. The first-order valence-electron chi connectivity index (χ1n) is 12.3. The van der Waals surface area contributed by atoms with Gasteiger partial charge in [-0.1, -0.05) is 32.9 Å². The molecule has 8 heteroatoms. The second-order valence-corrected chi connectivity index (χ2v) is 16.9. The van der Waals surface area contributed by atoms with Crippen molar-refractivity contribution in [2.75, 3.05) is 26.9 Å². The third-order valence-electron chi connectivity index (χ3n) is 7.41. The van der Waals surface area contributed by atoms with Crippen molar-refractivity contribution in [2.45, 2.75) is 89.9 Å². The van der Waals surface area contributed by atoms with Gasteiger partial charge in [-0.15, -0.1) is 0 Å². The van der Waals surface area contributed by atoms with E-state index in [2.05, 4.69) is 51.3 Å². The zero-order valence-corrected chi connectivity index (χ0v) is 23.4. The summed E-state index contributed by atoms with van der Waals surface area (Å²) >= 11 is 0. The van der Waals surface area contributed by atoms with E-state index in [9.17, 15) is 4.79 Å². The van der Waals surface area contributed by atoms with E-state index in [1.807, 2.05) is 37.8 Å². The number of amides is 1. The summed E-state index contributed by atoms with van der Waals surface area (Å²) in [6, 6.07) is 7.98. The molecule has 1 aromatic rings. The molecule has 0 spiro atoms. The summed E-state index contributed by atoms with van der Waals surface area (Å²) < 4.78 is 23.6. The highest BCUT2D eigenvalue weighted by Gasteiger charge is 2.55. The summed E-state index contributed by atoms with van der Waals surface area (Å²) in [4.78, 5) is 15.3. The molecule has 1 aromatic carbocycles. The number of hydrogen-bond acceptors (Lipinski definition) is 6. The van der Waals surface area contributed by atoms with Gasteiger partial charge in [0.05, 0.1) is 39.0 Å². The third-order valence-corrected chi connectivity index (χ3v) is 11.9. The van der Waals surface area contributed by atoms with Gasteiger partial charge in [0.15, 0.2) is 8.32 Å². The van der Waals surface area contributed by atoms with Crippen molar-refractivity contribution >= 4 is 14.4 Å². The van der Waals surface area contributed by atoms with Crippen LogP contribution in [0.2, 0.25) is 18.1 Å². The van der Waals surface area contributed by atoms with Gasteiger partial charge >= 0.3 is 6.09 Å². The molecule has 0 aliphatic carbocycles. The molecule has 0 aromatic heterocycles. The first-order valence-corrected chi connectivity index (χ1v) is 15.2. The highest BCUT2D eigenvalue weighted by molar-refractivity contribution is 6.74. The van der Waals surface area contributed by atoms with Crippen LogP contribution in [0.25, 0.3) is 0 Å². The van der Waals surface area contributed by atoms with E-state index in [1.165, 1.54) is 0 Å². The van der Waals surface area contributed by atoms with Crippen LogP contribution in [0.4, 0.5) is 4.79 Å². The Labute approximate surface area is 206 Å². The molecule has 0 saturated carbocycles. The van der Waals surface area contributed by atoms with Crippen molar-refractivity contribution in [1.82, 2.24) is 10.2 Å². The van der Waals surface area contributed by atoms with Crippen molar-refractivity contribution in [3.63, 3.8) is 0 Å². The topological polar surface area (TPSA) is 69.3 Å². The average molecular weight is 493 g/mol. The Kier molecular flexibility index (Phi) is 8.07. The maximum absolute atomic E-state index is 13.4. The molecule has 2 heterocycles. The predicted molar refractivity (Wildman–Crippen MR) is 137 cm³/mol. The summed E-state index contributed by atoms with van der Waals surface area (Å²) in [7, 11) is -0.328. The minimum Gasteiger partial charge on any atom is -0.497 e. The number of nitrogens with zero attached hydrogens (tertiary/aromatic N) is 1. The number of ether oxygens (including phenoxy) is 3. The van der Waals surface area contributed by atoms with Gasteiger partial charge in [-0.2, -0.15) is 0 Å². The molecule has 2 saturated heterocycles. The number of nitrogens with one attached hydrogen (secondary N) is 1. The van der Waals surface area contributed by atoms with E-state index >= 15 is 0 Å². The molecule has 1 N–H and O–H groups in total.